The van der Waals surface area contributed by atoms with Gasteiger partial charge in [0.15, 0.2) is 0 Å². The van der Waals surface area contributed by atoms with Crippen LogP contribution < -0.4 is 5.32 Å². The van der Waals surface area contributed by atoms with Gasteiger partial charge in [-0.25, -0.2) is 9.97 Å². The Morgan fingerprint density at radius 3 is 2.67 bits per heavy atom. The number of nitrogens with one attached hydrogen (secondary N) is 1. The van der Waals surface area contributed by atoms with Crippen LogP contribution in [0.25, 0.3) is 0 Å². The molecule has 1 aliphatic rings. The number of ether oxygens (including phenoxy) is 1. The number of nitrogens with zero attached hydrogens (tertiary/aromatic N) is 2. The van der Waals surface area contributed by atoms with E-state index < -0.39 is 17.8 Å². The lowest BCUT2D eigenvalue weighted by Gasteiger charge is -2.27. The predicted octanol–water partition coefficient (Wildman–Crippen LogP) is 2.11. The maximum atomic E-state index is 12.3. The molecule has 1 amide bonds. The molecule has 2 heterocycles. The Labute approximate surface area is 145 Å². The minimum absolute atomic E-state index is 0.0105. The molecule has 1 fully saturated rings. The van der Waals surface area contributed by atoms with Crippen LogP contribution in [0.1, 0.15) is 48.9 Å². The molecule has 0 bridgehead atoms. The molecular formula is C16H22ClN3O4. The Bertz CT molecular complexity index is 603. The molecule has 1 unspecified atom stereocenters. The number of carboxylic acids is 1. The maximum Gasteiger partial charge on any atom is 0.308 e. The van der Waals surface area contributed by atoms with Crippen LogP contribution in [-0.2, 0) is 9.53 Å². The van der Waals surface area contributed by atoms with Gasteiger partial charge in [0.05, 0.1) is 17.1 Å². The number of halogens is 1. The SMILES string of the molecule is CC(C)c1ncc(Cl)c(C(=O)NCC(C(=O)O)C2CCOCC2)n1. The topological polar surface area (TPSA) is 101 Å². The maximum absolute atomic E-state index is 12.3. The molecule has 0 radical (unpaired) electrons. The minimum atomic E-state index is -0.918. The summed E-state index contributed by atoms with van der Waals surface area (Å²) < 4.78 is 5.26. The van der Waals surface area contributed by atoms with Gasteiger partial charge in [-0.3, -0.25) is 9.59 Å². The van der Waals surface area contributed by atoms with Gasteiger partial charge in [-0.2, -0.15) is 0 Å². The molecule has 2 N–H and O–H groups in total. The third-order valence-electron chi connectivity index (χ3n) is 4.13. The highest BCUT2D eigenvalue weighted by Crippen LogP contribution is 2.24. The lowest BCUT2D eigenvalue weighted by atomic mass is 9.86. The Balaban J connectivity index is 2.05. The molecule has 0 saturated carbocycles. The van der Waals surface area contributed by atoms with Gasteiger partial charge < -0.3 is 15.2 Å². The minimum Gasteiger partial charge on any atom is -0.481 e. The first kappa shape index (κ1) is 18.6. The van der Waals surface area contributed by atoms with Gasteiger partial charge in [-0.15, -0.1) is 0 Å². The first-order chi connectivity index (χ1) is 11.4. The number of aliphatic carboxylic acids is 1. The van der Waals surface area contributed by atoms with Crippen molar-refractivity contribution in [2.75, 3.05) is 19.8 Å². The van der Waals surface area contributed by atoms with E-state index in [9.17, 15) is 14.7 Å². The van der Waals surface area contributed by atoms with E-state index in [0.717, 1.165) is 0 Å². The van der Waals surface area contributed by atoms with Gasteiger partial charge in [-0.05, 0) is 18.8 Å². The summed E-state index contributed by atoms with van der Waals surface area (Å²) in [6, 6.07) is 0. The Hall–Kier alpha value is -1.73. The highest BCUT2D eigenvalue weighted by molar-refractivity contribution is 6.33. The number of amides is 1. The van der Waals surface area contributed by atoms with Crippen molar-refractivity contribution in [3.63, 3.8) is 0 Å². The summed E-state index contributed by atoms with van der Waals surface area (Å²) in [4.78, 5) is 32.1. The summed E-state index contributed by atoms with van der Waals surface area (Å²) in [5.41, 5.74) is 0.0754. The van der Waals surface area contributed by atoms with Crippen molar-refractivity contribution in [3.05, 3.63) is 22.7 Å². The molecular weight excluding hydrogens is 334 g/mol. The normalized spacial score (nSPS) is 16.8. The van der Waals surface area contributed by atoms with Crippen molar-refractivity contribution >= 4 is 23.5 Å². The summed E-state index contributed by atoms with van der Waals surface area (Å²) in [5, 5.41) is 12.2. The smallest absolute Gasteiger partial charge is 0.308 e. The van der Waals surface area contributed by atoms with Crippen LogP contribution in [0, 0.1) is 11.8 Å². The molecule has 1 aromatic rings. The number of hydrogen-bond acceptors (Lipinski definition) is 5. The lowest BCUT2D eigenvalue weighted by Crippen LogP contribution is -2.39. The molecule has 1 saturated heterocycles. The molecule has 132 valence electrons. The summed E-state index contributed by atoms with van der Waals surface area (Å²) in [6.07, 6.45) is 2.75. The van der Waals surface area contributed by atoms with Crippen LogP contribution >= 0.6 is 11.6 Å². The van der Waals surface area contributed by atoms with E-state index in [0.29, 0.717) is 31.9 Å². The summed E-state index contributed by atoms with van der Waals surface area (Å²) in [6.45, 7) is 4.97. The van der Waals surface area contributed by atoms with Crippen LogP contribution in [0.2, 0.25) is 5.02 Å². The number of hydrogen-bond donors (Lipinski definition) is 2. The van der Waals surface area contributed by atoms with E-state index >= 15 is 0 Å². The van der Waals surface area contributed by atoms with Gasteiger partial charge in [0, 0.05) is 25.7 Å². The second-order valence-corrected chi connectivity index (χ2v) is 6.59. The third kappa shape index (κ3) is 4.64. The van der Waals surface area contributed by atoms with Gasteiger partial charge in [0.2, 0.25) is 0 Å². The molecule has 0 aromatic carbocycles. The number of carbonyl (C=O) groups is 2. The van der Waals surface area contributed by atoms with Crippen LogP contribution in [-0.4, -0.2) is 46.7 Å². The predicted molar refractivity (Wildman–Crippen MR) is 88.1 cm³/mol. The van der Waals surface area contributed by atoms with E-state index in [1.165, 1.54) is 6.20 Å². The average Bonchev–Trinajstić information content (AvgIpc) is 2.55. The van der Waals surface area contributed by atoms with Crippen LogP contribution in [0.3, 0.4) is 0 Å². The molecule has 8 heteroatoms. The second kappa shape index (κ2) is 8.39. The monoisotopic (exact) mass is 355 g/mol. The van der Waals surface area contributed by atoms with Crippen molar-refractivity contribution in [1.29, 1.82) is 0 Å². The molecule has 1 atom stereocenters. The highest BCUT2D eigenvalue weighted by Gasteiger charge is 2.30. The Morgan fingerprint density at radius 2 is 2.08 bits per heavy atom. The molecule has 7 nitrogen and oxygen atoms in total. The highest BCUT2D eigenvalue weighted by atomic mass is 35.5. The number of rotatable bonds is 6. The van der Waals surface area contributed by atoms with E-state index in [1.807, 2.05) is 13.8 Å². The fourth-order valence-corrected chi connectivity index (χ4v) is 2.86. The van der Waals surface area contributed by atoms with Crippen molar-refractivity contribution < 1.29 is 19.4 Å². The van der Waals surface area contributed by atoms with E-state index in [1.54, 1.807) is 0 Å². The van der Waals surface area contributed by atoms with Crippen LogP contribution in [0.5, 0.6) is 0 Å². The summed E-state index contributed by atoms with van der Waals surface area (Å²) >= 11 is 6.00. The van der Waals surface area contributed by atoms with Crippen molar-refractivity contribution in [1.82, 2.24) is 15.3 Å². The quantitative estimate of drug-likeness (QED) is 0.810. The molecule has 0 spiro atoms. The summed E-state index contributed by atoms with van der Waals surface area (Å²) in [7, 11) is 0. The lowest BCUT2D eigenvalue weighted by molar-refractivity contribution is -0.144. The van der Waals surface area contributed by atoms with E-state index in [4.69, 9.17) is 16.3 Å². The number of aromatic nitrogens is 2. The number of carbonyl (C=O) groups excluding carboxylic acids is 1. The molecule has 0 aliphatic carbocycles. The zero-order chi connectivity index (χ0) is 17.7. The van der Waals surface area contributed by atoms with Gasteiger partial charge in [-0.1, -0.05) is 25.4 Å². The molecule has 2 rings (SSSR count). The second-order valence-electron chi connectivity index (χ2n) is 6.18. The van der Waals surface area contributed by atoms with Gasteiger partial charge >= 0.3 is 5.97 Å². The molecule has 1 aromatic heterocycles. The summed E-state index contributed by atoms with van der Waals surface area (Å²) in [5.74, 6) is -1.49. The van der Waals surface area contributed by atoms with E-state index in [2.05, 4.69) is 15.3 Å². The first-order valence-electron chi connectivity index (χ1n) is 8.01. The zero-order valence-corrected chi connectivity index (χ0v) is 14.5. The fourth-order valence-electron chi connectivity index (χ4n) is 2.68. The van der Waals surface area contributed by atoms with Gasteiger partial charge in [0.1, 0.15) is 11.5 Å². The third-order valence-corrected chi connectivity index (χ3v) is 4.41. The van der Waals surface area contributed by atoms with Crippen molar-refractivity contribution in [2.24, 2.45) is 11.8 Å². The molecule has 1 aliphatic heterocycles. The largest absolute Gasteiger partial charge is 0.481 e. The van der Waals surface area contributed by atoms with Crippen LogP contribution in [0.4, 0.5) is 0 Å². The van der Waals surface area contributed by atoms with Crippen molar-refractivity contribution in [2.45, 2.75) is 32.6 Å². The Morgan fingerprint density at radius 1 is 1.42 bits per heavy atom. The number of carboxylic acid groups (broad SMARTS) is 1. The van der Waals surface area contributed by atoms with Crippen molar-refractivity contribution in [3.8, 4) is 0 Å². The fraction of sp³-hybridized carbons (Fsp3) is 0.625. The standard InChI is InChI=1S/C16H22ClN3O4/c1-9(2)14-18-8-12(17)13(20-14)15(21)19-7-11(16(22)23)10-3-5-24-6-4-10/h8-11H,3-7H2,1-2H3,(H,19,21)(H,22,23). The average molecular weight is 356 g/mol. The Kier molecular flexibility index (Phi) is 6.51. The first-order valence-corrected chi connectivity index (χ1v) is 8.39. The zero-order valence-electron chi connectivity index (χ0n) is 13.8. The van der Waals surface area contributed by atoms with Gasteiger partial charge in [0.25, 0.3) is 5.91 Å². The van der Waals surface area contributed by atoms with E-state index in [-0.39, 0.29) is 29.1 Å². The van der Waals surface area contributed by atoms with Crippen LogP contribution in [0.15, 0.2) is 6.20 Å². The molecule has 24 heavy (non-hydrogen) atoms.